The van der Waals surface area contributed by atoms with Gasteiger partial charge in [0.25, 0.3) is 11.1 Å². The van der Waals surface area contributed by atoms with E-state index in [2.05, 4.69) is 0 Å². The lowest BCUT2D eigenvalue weighted by Crippen LogP contribution is -2.24. The van der Waals surface area contributed by atoms with Gasteiger partial charge >= 0.3 is 0 Å². The molecule has 0 atom stereocenters. The standard InChI is InChI=1S/C18H8F4N2O4S/c19-9-1-7-3-13(17(25)23-15(7)11(21)5-9)29(27,28)14-4-8-2-10(20)6-12(22)16(8)24-18(14)26/h1-6H,(H,23,25)(H,24,26). The van der Waals surface area contributed by atoms with Crippen molar-refractivity contribution in [2.75, 3.05) is 0 Å². The molecular weight excluding hydrogens is 416 g/mol. The van der Waals surface area contributed by atoms with Crippen molar-refractivity contribution < 1.29 is 26.0 Å². The Balaban J connectivity index is 2.03. The smallest absolute Gasteiger partial charge is 0.267 e. The fraction of sp³-hybridized carbons (Fsp3) is 0. The highest BCUT2D eigenvalue weighted by Gasteiger charge is 2.27. The molecule has 0 bridgehead atoms. The summed E-state index contributed by atoms with van der Waals surface area (Å²) in [6, 6.07) is 4.02. The summed E-state index contributed by atoms with van der Waals surface area (Å²) in [5.74, 6) is -4.26. The fourth-order valence-electron chi connectivity index (χ4n) is 2.96. The Morgan fingerprint density at radius 1 is 0.621 bits per heavy atom. The average molecular weight is 424 g/mol. The van der Waals surface area contributed by atoms with Crippen LogP contribution in [-0.2, 0) is 9.84 Å². The van der Waals surface area contributed by atoms with E-state index in [0.29, 0.717) is 24.3 Å². The number of fused-ring (bicyclic) bond motifs is 2. The topological polar surface area (TPSA) is 99.9 Å². The summed E-state index contributed by atoms with van der Waals surface area (Å²) in [5, 5.41) is -0.537. The van der Waals surface area contributed by atoms with Gasteiger partial charge < -0.3 is 9.97 Å². The fourth-order valence-corrected chi connectivity index (χ4v) is 4.35. The average Bonchev–Trinajstić information content (AvgIpc) is 2.62. The first-order chi connectivity index (χ1) is 13.6. The first-order valence-electron chi connectivity index (χ1n) is 7.87. The second-order valence-corrected chi connectivity index (χ2v) is 8.02. The number of pyridine rings is 2. The molecule has 2 N–H and O–H groups in total. The molecule has 2 heterocycles. The summed E-state index contributed by atoms with van der Waals surface area (Å²) in [6.07, 6.45) is 0. The zero-order valence-electron chi connectivity index (χ0n) is 14.0. The zero-order chi connectivity index (χ0) is 21.1. The van der Waals surface area contributed by atoms with Crippen LogP contribution < -0.4 is 11.1 Å². The number of rotatable bonds is 2. The van der Waals surface area contributed by atoms with Gasteiger partial charge in [0.15, 0.2) is 0 Å². The second-order valence-electron chi connectivity index (χ2n) is 6.13. The van der Waals surface area contributed by atoms with Gasteiger partial charge in [-0.1, -0.05) is 0 Å². The second kappa shape index (κ2) is 6.27. The normalized spacial score (nSPS) is 12.0. The van der Waals surface area contributed by atoms with Crippen molar-refractivity contribution in [1.82, 2.24) is 9.97 Å². The molecule has 0 amide bonds. The highest BCUT2D eigenvalue weighted by atomic mass is 32.2. The van der Waals surface area contributed by atoms with E-state index in [4.69, 9.17) is 0 Å². The third kappa shape index (κ3) is 2.99. The van der Waals surface area contributed by atoms with Gasteiger partial charge in [-0.05, 0) is 24.3 Å². The molecular formula is C18H8F4N2O4S. The van der Waals surface area contributed by atoms with Crippen LogP contribution in [0.4, 0.5) is 17.6 Å². The third-order valence-corrected chi connectivity index (χ3v) is 6.01. The largest absolute Gasteiger partial charge is 0.318 e. The molecule has 0 aliphatic carbocycles. The van der Waals surface area contributed by atoms with Gasteiger partial charge in [0, 0.05) is 22.9 Å². The highest BCUT2D eigenvalue weighted by molar-refractivity contribution is 7.91. The van der Waals surface area contributed by atoms with Gasteiger partial charge in [0.1, 0.15) is 33.1 Å². The lowest BCUT2D eigenvalue weighted by atomic mass is 10.2. The van der Waals surface area contributed by atoms with E-state index in [1.54, 1.807) is 0 Å². The van der Waals surface area contributed by atoms with Crippen molar-refractivity contribution in [3.63, 3.8) is 0 Å². The predicted molar refractivity (Wildman–Crippen MR) is 94.4 cm³/mol. The first-order valence-corrected chi connectivity index (χ1v) is 9.35. The molecule has 2 aromatic carbocycles. The van der Waals surface area contributed by atoms with Gasteiger partial charge in [0.05, 0.1) is 11.0 Å². The van der Waals surface area contributed by atoms with Crippen molar-refractivity contribution in [3.8, 4) is 0 Å². The molecule has 29 heavy (non-hydrogen) atoms. The molecule has 11 heteroatoms. The van der Waals surface area contributed by atoms with Crippen molar-refractivity contribution in [1.29, 1.82) is 0 Å². The molecule has 6 nitrogen and oxygen atoms in total. The monoisotopic (exact) mass is 424 g/mol. The number of benzene rings is 2. The molecule has 148 valence electrons. The number of halogens is 4. The van der Waals surface area contributed by atoms with Crippen LogP contribution in [-0.4, -0.2) is 18.4 Å². The number of aromatic nitrogens is 2. The lowest BCUT2D eigenvalue weighted by molar-refractivity contribution is 0.586. The van der Waals surface area contributed by atoms with Gasteiger partial charge in [-0.3, -0.25) is 9.59 Å². The van der Waals surface area contributed by atoms with E-state index in [1.165, 1.54) is 0 Å². The maximum absolute atomic E-state index is 13.8. The van der Waals surface area contributed by atoms with Gasteiger partial charge in [-0.25, -0.2) is 26.0 Å². The van der Waals surface area contributed by atoms with Crippen LogP contribution in [0.1, 0.15) is 0 Å². The van der Waals surface area contributed by atoms with E-state index < -0.39 is 65.0 Å². The van der Waals surface area contributed by atoms with Crippen LogP contribution in [0.15, 0.2) is 55.8 Å². The van der Waals surface area contributed by atoms with Crippen LogP contribution in [0.3, 0.4) is 0 Å². The lowest BCUT2D eigenvalue weighted by Gasteiger charge is -2.07. The van der Waals surface area contributed by atoms with Crippen LogP contribution in [0.5, 0.6) is 0 Å². The Labute approximate surface area is 158 Å². The van der Waals surface area contributed by atoms with E-state index in [9.17, 15) is 35.6 Å². The highest BCUT2D eigenvalue weighted by Crippen LogP contribution is 2.24. The SMILES string of the molecule is O=c1[nH]c2c(F)cc(F)cc2cc1S(=O)(=O)c1cc2cc(F)cc(F)c2[nH]c1=O. The van der Waals surface area contributed by atoms with Crippen LogP contribution in [0.2, 0.25) is 0 Å². The van der Waals surface area contributed by atoms with E-state index in [1.807, 2.05) is 9.97 Å². The Kier molecular flexibility index (Phi) is 4.08. The zero-order valence-corrected chi connectivity index (χ0v) is 14.8. The van der Waals surface area contributed by atoms with Crippen LogP contribution in [0, 0.1) is 23.3 Å². The molecule has 4 rings (SSSR count). The minimum Gasteiger partial charge on any atom is -0.318 e. The Bertz CT molecular complexity index is 1450. The Hall–Kier alpha value is -3.47. The van der Waals surface area contributed by atoms with Crippen molar-refractivity contribution >= 4 is 31.6 Å². The molecule has 0 spiro atoms. The predicted octanol–water partition coefficient (Wildman–Crippen LogP) is 2.76. The van der Waals surface area contributed by atoms with Gasteiger partial charge in [0.2, 0.25) is 9.84 Å². The molecule has 0 saturated heterocycles. The Morgan fingerprint density at radius 3 is 1.38 bits per heavy atom. The summed E-state index contributed by atoms with van der Waals surface area (Å²) in [5.41, 5.74) is -3.36. The number of aromatic amines is 2. The molecule has 0 unspecified atom stereocenters. The molecule has 2 aromatic heterocycles. The van der Waals surface area contributed by atoms with Crippen molar-refractivity contribution in [3.05, 3.63) is 80.4 Å². The molecule has 0 saturated carbocycles. The maximum Gasteiger partial charge on any atom is 0.267 e. The summed E-state index contributed by atoms with van der Waals surface area (Å²) in [6.45, 7) is 0. The number of hydrogen-bond donors (Lipinski definition) is 2. The van der Waals surface area contributed by atoms with Crippen LogP contribution in [0.25, 0.3) is 21.8 Å². The number of nitrogens with one attached hydrogen (secondary N) is 2. The Morgan fingerprint density at radius 2 is 1.00 bits per heavy atom. The summed E-state index contributed by atoms with van der Waals surface area (Å²) >= 11 is 0. The summed E-state index contributed by atoms with van der Waals surface area (Å²) in [4.78, 5) is 26.6. The summed E-state index contributed by atoms with van der Waals surface area (Å²) < 4.78 is 80.3. The van der Waals surface area contributed by atoms with Crippen molar-refractivity contribution in [2.45, 2.75) is 9.79 Å². The third-order valence-electron chi connectivity index (χ3n) is 4.25. The first kappa shape index (κ1) is 18.9. The minimum absolute atomic E-state index is 0.269. The van der Waals surface area contributed by atoms with Crippen LogP contribution >= 0.6 is 0 Å². The maximum atomic E-state index is 13.8. The number of hydrogen-bond acceptors (Lipinski definition) is 4. The van der Waals surface area contributed by atoms with Crippen molar-refractivity contribution in [2.24, 2.45) is 0 Å². The summed E-state index contributed by atoms with van der Waals surface area (Å²) in [7, 11) is -4.81. The molecule has 0 fully saturated rings. The van der Waals surface area contributed by atoms with E-state index in [-0.39, 0.29) is 10.8 Å². The molecule has 0 radical (unpaired) electrons. The van der Waals surface area contributed by atoms with Gasteiger partial charge in [-0.15, -0.1) is 0 Å². The number of H-pyrrole nitrogens is 2. The van der Waals surface area contributed by atoms with E-state index >= 15 is 0 Å². The molecule has 0 aliphatic heterocycles. The van der Waals surface area contributed by atoms with E-state index in [0.717, 1.165) is 12.1 Å². The molecule has 0 aliphatic rings. The number of sulfone groups is 1. The minimum atomic E-state index is -4.81. The molecule has 4 aromatic rings. The quantitative estimate of drug-likeness (QED) is 0.484. The van der Waals surface area contributed by atoms with Gasteiger partial charge in [-0.2, -0.15) is 0 Å².